The predicted octanol–water partition coefficient (Wildman–Crippen LogP) is -1.60. The third kappa shape index (κ3) is 8.81. The molecule has 13 heteroatoms. The van der Waals surface area contributed by atoms with E-state index in [-0.39, 0.29) is 12.3 Å². The summed E-state index contributed by atoms with van der Waals surface area (Å²) in [6, 6.07) is -4.61. The first-order valence-electron chi connectivity index (χ1n) is 11.0. The number of imidazole rings is 1. The number of nitrogens with two attached hydrogens (primary N) is 2. The average molecular weight is 482 g/mol. The summed E-state index contributed by atoms with van der Waals surface area (Å²) in [4.78, 5) is 67.7. The first-order valence-corrected chi connectivity index (χ1v) is 11.0. The van der Waals surface area contributed by atoms with Gasteiger partial charge in [0.2, 0.25) is 23.6 Å². The molecule has 13 nitrogen and oxygen atoms in total. The second kappa shape index (κ2) is 13.3. The molecule has 34 heavy (non-hydrogen) atoms. The quantitative estimate of drug-likeness (QED) is 0.163. The number of aliphatic carboxylic acids is 1. The molecule has 0 aromatic carbocycles. The minimum Gasteiger partial charge on any atom is -0.480 e. The normalized spacial score (nSPS) is 15.5. The molecule has 1 aromatic rings. The maximum atomic E-state index is 13.1. The molecule has 1 heterocycles. The zero-order chi connectivity index (χ0) is 26.0. The highest BCUT2D eigenvalue weighted by Crippen LogP contribution is 2.11. The van der Waals surface area contributed by atoms with Gasteiger partial charge in [-0.15, -0.1) is 0 Å². The monoisotopic (exact) mass is 481 g/mol. The molecule has 9 N–H and O–H groups in total. The van der Waals surface area contributed by atoms with Crippen LogP contribution in [0.5, 0.6) is 0 Å². The van der Waals surface area contributed by atoms with Gasteiger partial charge in [0.05, 0.1) is 18.8 Å². The number of carboxylic acid groups (broad SMARTS) is 1. The number of amides is 4. The Morgan fingerprint density at radius 1 is 1.03 bits per heavy atom. The number of rotatable bonds is 14. The van der Waals surface area contributed by atoms with Crippen molar-refractivity contribution in [2.45, 2.75) is 71.1 Å². The molecule has 0 fully saturated rings. The summed E-state index contributed by atoms with van der Waals surface area (Å²) in [7, 11) is 0. The van der Waals surface area contributed by atoms with E-state index in [4.69, 9.17) is 11.5 Å². The van der Waals surface area contributed by atoms with Crippen LogP contribution in [0.15, 0.2) is 12.5 Å². The molecule has 0 aliphatic carbocycles. The highest BCUT2D eigenvalue weighted by atomic mass is 16.4. The highest BCUT2D eigenvalue weighted by Gasteiger charge is 2.33. The fraction of sp³-hybridized carbons (Fsp3) is 0.619. The first-order chi connectivity index (χ1) is 15.9. The van der Waals surface area contributed by atoms with Crippen molar-refractivity contribution >= 4 is 29.6 Å². The highest BCUT2D eigenvalue weighted by molar-refractivity contribution is 5.95. The molecule has 4 amide bonds. The van der Waals surface area contributed by atoms with E-state index in [9.17, 15) is 29.1 Å². The van der Waals surface area contributed by atoms with Gasteiger partial charge in [-0.3, -0.25) is 19.2 Å². The summed E-state index contributed by atoms with van der Waals surface area (Å²) >= 11 is 0. The van der Waals surface area contributed by atoms with Crippen molar-refractivity contribution in [3.05, 3.63) is 18.2 Å². The molecule has 0 spiro atoms. The predicted molar refractivity (Wildman–Crippen MR) is 122 cm³/mol. The van der Waals surface area contributed by atoms with Gasteiger partial charge < -0.3 is 37.5 Å². The number of nitrogens with one attached hydrogen (secondary N) is 4. The summed E-state index contributed by atoms with van der Waals surface area (Å²) in [6.07, 6.45) is 2.98. The molecule has 1 rings (SSSR count). The van der Waals surface area contributed by atoms with Crippen molar-refractivity contribution < 1.29 is 29.1 Å². The van der Waals surface area contributed by atoms with Crippen molar-refractivity contribution in [1.29, 1.82) is 0 Å². The Morgan fingerprint density at radius 2 is 1.65 bits per heavy atom. The molecule has 5 atom stereocenters. The second-order valence-corrected chi connectivity index (χ2v) is 8.56. The number of carboxylic acids is 1. The van der Waals surface area contributed by atoms with Gasteiger partial charge in [0.1, 0.15) is 18.1 Å². The van der Waals surface area contributed by atoms with Crippen LogP contribution in [0.4, 0.5) is 0 Å². The molecule has 1 aromatic heterocycles. The summed E-state index contributed by atoms with van der Waals surface area (Å²) in [5, 5.41) is 17.0. The van der Waals surface area contributed by atoms with E-state index in [1.165, 1.54) is 12.5 Å². The molecule has 0 saturated carbocycles. The van der Waals surface area contributed by atoms with Crippen LogP contribution >= 0.6 is 0 Å². The smallest absolute Gasteiger partial charge is 0.326 e. The Kier molecular flexibility index (Phi) is 11.2. The van der Waals surface area contributed by atoms with Crippen LogP contribution in [0.2, 0.25) is 0 Å². The SMILES string of the molecule is CCC(C)C(NC(=O)C(NC(=O)C(Cc1cnc[nH]1)NC(=O)C(N)CC(N)=O)C(C)C)C(=O)O. The summed E-state index contributed by atoms with van der Waals surface area (Å²) in [5.74, 6) is -4.80. The Hall–Kier alpha value is -3.48. The molecule has 5 unspecified atom stereocenters. The van der Waals surface area contributed by atoms with E-state index in [1.54, 1.807) is 27.7 Å². The van der Waals surface area contributed by atoms with E-state index >= 15 is 0 Å². The van der Waals surface area contributed by atoms with Gasteiger partial charge in [-0.2, -0.15) is 0 Å². The van der Waals surface area contributed by atoms with Crippen LogP contribution in [-0.4, -0.2) is 68.8 Å². The Balaban J connectivity index is 3.04. The van der Waals surface area contributed by atoms with E-state index in [0.29, 0.717) is 12.1 Å². The van der Waals surface area contributed by atoms with E-state index in [0.717, 1.165) is 0 Å². The van der Waals surface area contributed by atoms with E-state index in [1.807, 2.05) is 0 Å². The van der Waals surface area contributed by atoms with Gasteiger partial charge in [0, 0.05) is 18.3 Å². The van der Waals surface area contributed by atoms with Gasteiger partial charge in [0.25, 0.3) is 0 Å². The zero-order valence-electron chi connectivity index (χ0n) is 19.8. The lowest BCUT2D eigenvalue weighted by molar-refractivity contribution is -0.144. The lowest BCUT2D eigenvalue weighted by Gasteiger charge is -2.28. The molecular weight excluding hydrogens is 446 g/mol. The maximum absolute atomic E-state index is 13.1. The minimum atomic E-state index is -1.26. The standard InChI is InChI=1S/C21H35N7O6/c1-5-11(4)17(21(33)34)28-20(32)16(10(2)3)27-19(31)14(6-12-8-24-9-25-12)26-18(30)13(22)7-15(23)29/h8-11,13-14,16-17H,5-7,22H2,1-4H3,(H2,23,29)(H,24,25)(H,26,30)(H,27,31)(H,28,32)(H,33,34). The van der Waals surface area contributed by atoms with Gasteiger partial charge in [-0.25, -0.2) is 9.78 Å². The number of hydrogen-bond acceptors (Lipinski definition) is 7. The molecule has 0 saturated heterocycles. The summed E-state index contributed by atoms with van der Waals surface area (Å²) < 4.78 is 0. The third-order valence-corrected chi connectivity index (χ3v) is 5.39. The van der Waals surface area contributed by atoms with Crippen LogP contribution in [0.1, 0.15) is 46.2 Å². The Bertz CT molecular complexity index is 858. The minimum absolute atomic E-state index is 0.00206. The third-order valence-electron chi connectivity index (χ3n) is 5.39. The number of nitrogens with zero attached hydrogens (tertiary/aromatic N) is 1. The number of carbonyl (C=O) groups is 5. The maximum Gasteiger partial charge on any atom is 0.326 e. The number of aromatic nitrogens is 2. The first kappa shape index (κ1) is 28.6. The Labute approximate surface area is 197 Å². The summed E-state index contributed by atoms with van der Waals surface area (Å²) in [6.45, 7) is 6.89. The lowest BCUT2D eigenvalue weighted by Crippen LogP contribution is -2.59. The topological polar surface area (TPSA) is 222 Å². The van der Waals surface area contributed by atoms with Crippen LogP contribution in [0.25, 0.3) is 0 Å². The van der Waals surface area contributed by atoms with Crippen LogP contribution in [0, 0.1) is 11.8 Å². The average Bonchev–Trinajstić information content (AvgIpc) is 3.26. The number of aromatic amines is 1. The number of H-pyrrole nitrogens is 1. The van der Waals surface area contributed by atoms with Gasteiger partial charge in [-0.05, 0) is 11.8 Å². The van der Waals surface area contributed by atoms with Gasteiger partial charge >= 0.3 is 5.97 Å². The zero-order valence-corrected chi connectivity index (χ0v) is 19.8. The fourth-order valence-electron chi connectivity index (χ4n) is 3.13. The van der Waals surface area contributed by atoms with Gasteiger partial charge in [0.15, 0.2) is 0 Å². The lowest BCUT2D eigenvalue weighted by atomic mass is 9.97. The molecular formula is C21H35N7O6. The largest absolute Gasteiger partial charge is 0.480 e. The van der Waals surface area contributed by atoms with E-state index < -0.39 is 66.1 Å². The van der Waals surface area contributed by atoms with Crippen LogP contribution < -0.4 is 27.4 Å². The van der Waals surface area contributed by atoms with Crippen molar-refractivity contribution in [2.75, 3.05) is 0 Å². The molecule has 0 radical (unpaired) electrons. The van der Waals surface area contributed by atoms with E-state index in [2.05, 4.69) is 25.9 Å². The van der Waals surface area contributed by atoms with Gasteiger partial charge in [-0.1, -0.05) is 34.1 Å². The van der Waals surface area contributed by atoms with Crippen LogP contribution in [-0.2, 0) is 30.4 Å². The number of hydrogen-bond donors (Lipinski definition) is 7. The van der Waals surface area contributed by atoms with Crippen molar-refractivity contribution in [2.24, 2.45) is 23.3 Å². The molecule has 0 bridgehead atoms. The molecule has 190 valence electrons. The number of primary amides is 1. The van der Waals surface area contributed by atoms with Crippen molar-refractivity contribution in [3.8, 4) is 0 Å². The second-order valence-electron chi connectivity index (χ2n) is 8.56. The fourth-order valence-corrected chi connectivity index (χ4v) is 3.13. The summed E-state index contributed by atoms with van der Waals surface area (Å²) in [5.41, 5.74) is 11.3. The Morgan fingerprint density at radius 3 is 2.12 bits per heavy atom. The molecule has 0 aliphatic rings. The van der Waals surface area contributed by atoms with Crippen molar-refractivity contribution in [1.82, 2.24) is 25.9 Å². The van der Waals surface area contributed by atoms with Crippen LogP contribution in [0.3, 0.4) is 0 Å². The van der Waals surface area contributed by atoms with Crippen molar-refractivity contribution in [3.63, 3.8) is 0 Å². The molecule has 0 aliphatic heterocycles. The number of carbonyl (C=O) groups excluding carboxylic acids is 4.